The smallest absolute Gasteiger partial charge is 0.268 e. The molecule has 0 spiro atoms. The highest BCUT2D eigenvalue weighted by atomic mass is 16.3. The summed E-state index contributed by atoms with van der Waals surface area (Å²) in [6.07, 6.45) is 1.46. The first-order chi connectivity index (χ1) is 15.2. The number of amides is 1. The molecular weight excluding hydrogens is 384 g/mol. The number of rotatable bonds is 4. The van der Waals surface area contributed by atoms with Crippen molar-refractivity contribution in [2.45, 2.75) is 37.8 Å². The van der Waals surface area contributed by atoms with Crippen molar-refractivity contribution in [3.63, 3.8) is 0 Å². The van der Waals surface area contributed by atoms with Crippen LogP contribution in [0.1, 0.15) is 51.0 Å². The molecule has 1 amide bonds. The van der Waals surface area contributed by atoms with Gasteiger partial charge in [-0.25, -0.2) is 5.01 Å². The zero-order valence-corrected chi connectivity index (χ0v) is 17.8. The molecule has 3 aromatic carbocycles. The second kappa shape index (κ2) is 8.29. The van der Waals surface area contributed by atoms with E-state index in [9.17, 15) is 9.90 Å². The summed E-state index contributed by atoms with van der Waals surface area (Å²) < 4.78 is 0. The highest BCUT2D eigenvalue weighted by molar-refractivity contribution is 5.94. The first-order valence-electron chi connectivity index (χ1n) is 11.1. The van der Waals surface area contributed by atoms with Crippen molar-refractivity contribution in [2.24, 2.45) is 0 Å². The summed E-state index contributed by atoms with van der Waals surface area (Å²) in [6, 6.07) is 26.8. The lowest BCUT2D eigenvalue weighted by Crippen LogP contribution is -2.48. The van der Waals surface area contributed by atoms with Gasteiger partial charge in [-0.1, -0.05) is 72.3 Å². The van der Waals surface area contributed by atoms with Crippen molar-refractivity contribution in [3.8, 4) is 0 Å². The molecule has 0 saturated carbocycles. The molecule has 0 bridgehead atoms. The van der Waals surface area contributed by atoms with Crippen LogP contribution in [0.3, 0.4) is 0 Å². The van der Waals surface area contributed by atoms with Gasteiger partial charge in [-0.3, -0.25) is 9.80 Å². The highest BCUT2D eigenvalue weighted by Gasteiger charge is 2.52. The normalized spacial score (nSPS) is 22.8. The predicted octanol–water partition coefficient (Wildman–Crippen LogP) is 4.50. The Morgan fingerprint density at radius 2 is 1.68 bits per heavy atom. The molecule has 3 unspecified atom stereocenters. The molecule has 2 aliphatic heterocycles. The fourth-order valence-corrected chi connectivity index (χ4v) is 5.37. The van der Waals surface area contributed by atoms with E-state index in [0.29, 0.717) is 12.0 Å². The van der Waals surface area contributed by atoms with Gasteiger partial charge in [0.1, 0.15) is 0 Å². The minimum atomic E-state index is -0.100. The van der Waals surface area contributed by atoms with Crippen molar-refractivity contribution in [2.75, 3.05) is 13.2 Å². The second-order valence-electron chi connectivity index (χ2n) is 8.59. The average Bonchev–Trinajstić information content (AvgIpc) is 3.14. The first kappa shape index (κ1) is 20.0. The molecule has 0 radical (unpaired) electrons. The van der Waals surface area contributed by atoms with E-state index in [2.05, 4.69) is 60.5 Å². The van der Waals surface area contributed by atoms with Crippen LogP contribution in [-0.4, -0.2) is 40.2 Å². The van der Waals surface area contributed by atoms with E-state index >= 15 is 0 Å². The lowest BCUT2D eigenvalue weighted by Gasteiger charge is -2.38. The molecule has 0 aliphatic carbocycles. The van der Waals surface area contributed by atoms with Gasteiger partial charge in [-0.15, -0.1) is 0 Å². The van der Waals surface area contributed by atoms with Crippen LogP contribution < -0.4 is 0 Å². The number of aliphatic hydroxyl groups is 1. The topological polar surface area (TPSA) is 43.8 Å². The summed E-state index contributed by atoms with van der Waals surface area (Å²) in [6.45, 7) is 2.94. The molecule has 4 nitrogen and oxygen atoms in total. The van der Waals surface area contributed by atoms with E-state index in [4.69, 9.17) is 0 Å². The van der Waals surface area contributed by atoms with Gasteiger partial charge in [0.25, 0.3) is 5.91 Å². The third-order valence-electron chi connectivity index (χ3n) is 6.77. The van der Waals surface area contributed by atoms with E-state index in [1.165, 1.54) is 22.3 Å². The number of aliphatic hydroxyl groups excluding tert-OH is 1. The molecule has 1 N–H and O–H groups in total. The Morgan fingerprint density at radius 3 is 2.42 bits per heavy atom. The summed E-state index contributed by atoms with van der Waals surface area (Å²) in [5.41, 5.74) is 5.79. The summed E-state index contributed by atoms with van der Waals surface area (Å²) in [5, 5.41) is 14.2. The van der Waals surface area contributed by atoms with Crippen LogP contribution in [0.2, 0.25) is 0 Å². The van der Waals surface area contributed by atoms with Gasteiger partial charge in [0.05, 0.1) is 12.1 Å². The van der Waals surface area contributed by atoms with E-state index in [-0.39, 0.29) is 30.5 Å². The molecule has 4 heteroatoms. The molecular formula is C27H28N2O2. The summed E-state index contributed by atoms with van der Waals surface area (Å²) >= 11 is 0. The van der Waals surface area contributed by atoms with E-state index in [0.717, 1.165) is 13.0 Å². The van der Waals surface area contributed by atoms with Crippen molar-refractivity contribution < 1.29 is 9.90 Å². The zero-order valence-electron chi connectivity index (χ0n) is 17.8. The summed E-state index contributed by atoms with van der Waals surface area (Å²) in [4.78, 5) is 13.7. The Bertz CT molecular complexity index is 1060. The maximum absolute atomic E-state index is 13.7. The van der Waals surface area contributed by atoms with Gasteiger partial charge in [0.2, 0.25) is 0 Å². The third kappa shape index (κ3) is 3.46. The van der Waals surface area contributed by atoms with Gasteiger partial charge in [-0.05, 0) is 48.6 Å². The molecule has 0 aromatic heterocycles. The van der Waals surface area contributed by atoms with Crippen LogP contribution in [0.25, 0.3) is 0 Å². The largest absolute Gasteiger partial charge is 0.396 e. The number of hydrogen-bond acceptors (Lipinski definition) is 3. The maximum atomic E-state index is 13.7. The number of nitrogens with zero attached hydrogens (tertiary/aromatic N) is 2. The van der Waals surface area contributed by atoms with Gasteiger partial charge >= 0.3 is 0 Å². The number of benzene rings is 3. The minimum absolute atomic E-state index is 0.0121. The van der Waals surface area contributed by atoms with Crippen molar-refractivity contribution in [1.82, 2.24) is 10.0 Å². The van der Waals surface area contributed by atoms with Gasteiger partial charge < -0.3 is 5.11 Å². The van der Waals surface area contributed by atoms with Gasteiger partial charge in [0, 0.05) is 24.6 Å². The van der Waals surface area contributed by atoms with E-state index in [1.54, 1.807) is 0 Å². The third-order valence-corrected chi connectivity index (χ3v) is 6.77. The Labute approximate surface area is 183 Å². The zero-order chi connectivity index (χ0) is 21.4. The lowest BCUT2D eigenvalue weighted by atomic mass is 9.79. The summed E-state index contributed by atoms with van der Waals surface area (Å²) in [7, 11) is 0. The van der Waals surface area contributed by atoms with Crippen LogP contribution in [0.15, 0.2) is 78.9 Å². The van der Waals surface area contributed by atoms with Crippen LogP contribution in [0.5, 0.6) is 0 Å². The van der Waals surface area contributed by atoms with Crippen LogP contribution in [0.4, 0.5) is 0 Å². The molecule has 158 valence electrons. The fraction of sp³-hybridized carbons (Fsp3) is 0.296. The fourth-order valence-electron chi connectivity index (χ4n) is 5.37. The van der Waals surface area contributed by atoms with Crippen molar-refractivity contribution in [3.05, 3.63) is 107 Å². The highest BCUT2D eigenvalue weighted by Crippen LogP contribution is 2.51. The standard InChI is InChI=1S/C27H28N2O2/c1-19-11-13-21(14-12-19)25-24(16-18-30)29(27(31)22-8-3-2-4-9-22)28-17-15-20-7-5-6-10-23(20)26(25)28/h2-14,24-26,30H,15-18H2,1H3. The van der Waals surface area contributed by atoms with E-state index < -0.39 is 0 Å². The molecule has 2 heterocycles. The molecule has 1 saturated heterocycles. The second-order valence-corrected chi connectivity index (χ2v) is 8.59. The van der Waals surface area contributed by atoms with Gasteiger partial charge in [0.15, 0.2) is 0 Å². The van der Waals surface area contributed by atoms with Crippen molar-refractivity contribution in [1.29, 1.82) is 0 Å². The molecule has 5 rings (SSSR count). The SMILES string of the molecule is Cc1ccc(C2C3c4ccccc4CCN3N(C(=O)c3ccccc3)C2CCO)cc1. The first-order valence-corrected chi connectivity index (χ1v) is 11.1. The number of carbonyl (C=O) groups is 1. The number of hydrogen-bond donors (Lipinski definition) is 1. The Hall–Kier alpha value is -2.95. The Balaban J connectivity index is 1.66. The monoisotopic (exact) mass is 412 g/mol. The number of hydrazine groups is 1. The number of fused-ring (bicyclic) bond motifs is 3. The molecule has 2 aliphatic rings. The molecule has 31 heavy (non-hydrogen) atoms. The molecule has 3 atom stereocenters. The van der Waals surface area contributed by atoms with E-state index in [1.807, 2.05) is 35.3 Å². The predicted molar refractivity (Wildman–Crippen MR) is 122 cm³/mol. The average molecular weight is 413 g/mol. The maximum Gasteiger partial charge on any atom is 0.268 e. The molecule has 1 fully saturated rings. The van der Waals surface area contributed by atoms with Crippen LogP contribution in [-0.2, 0) is 6.42 Å². The summed E-state index contributed by atoms with van der Waals surface area (Å²) in [5.74, 6) is 0.111. The Kier molecular flexibility index (Phi) is 5.34. The van der Waals surface area contributed by atoms with Crippen LogP contribution >= 0.6 is 0 Å². The number of carbonyl (C=O) groups excluding carboxylic acids is 1. The van der Waals surface area contributed by atoms with Crippen molar-refractivity contribution >= 4 is 5.91 Å². The Morgan fingerprint density at radius 1 is 0.968 bits per heavy atom. The lowest BCUT2D eigenvalue weighted by molar-refractivity contribution is -0.0182. The quantitative estimate of drug-likeness (QED) is 0.686. The molecule has 3 aromatic rings. The minimum Gasteiger partial charge on any atom is -0.396 e. The van der Waals surface area contributed by atoms with Crippen LogP contribution in [0, 0.1) is 6.92 Å². The number of aryl methyl sites for hydroxylation is 1. The van der Waals surface area contributed by atoms with Gasteiger partial charge in [-0.2, -0.15) is 0 Å².